The third-order valence-electron chi connectivity index (χ3n) is 5.21. The fourth-order valence-electron chi connectivity index (χ4n) is 3.24. The second-order valence-corrected chi connectivity index (χ2v) is 7.76. The molecule has 1 aromatic heterocycles. The first-order chi connectivity index (χ1) is 14.7. The number of hydrogen-bond acceptors (Lipinski definition) is 5. The monoisotopic (exact) mass is 425 g/mol. The van der Waals surface area contributed by atoms with Crippen LogP contribution < -0.4 is 10.9 Å². The van der Waals surface area contributed by atoms with E-state index >= 15 is 0 Å². The minimum absolute atomic E-state index is 0.154. The van der Waals surface area contributed by atoms with Crippen LogP contribution in [-0.4, -0.2) is 17.9 Å². The number of hydrogen-bond donors (Lipinski definition) is 1. The van der Waals surface area contributed by atoms with Crippen LogP contribution in [-0.2, 0) is 16.1 Å². The lowest BCUT2D eigenvalue weighted by Gasteiger charge is -2.21. The molecule has 31 heavy (non-hydrogen) atoms. The first-order valence-corrected chi connectivity index (χ1v) is 9.94. The number of aryl methyl sites for hydroxylation is 2. The number of halogens is 1. The summed E-state index contributed by atoms with van der Waals surface area (Å²) in [6, 6.07) is 9.54. The van der Waals surface area contributed by atoms with Gasteiger partial charge in [-0.1, -0.05) is 38.1 Å². The number of esters is 1. The summed E-state index contributed by atoms with van der Waals surface area (Å²) in [6.45, 7) is 7.08. The smallest absolute Gasteiger partial charge is 0.336 e. The number of benzene rings is 2. The SMILES string of the molecule is Cc1ccc2c(COC(=O)[C@@H](NC(=O)c3ccccc3F)C(C)C)cc(=O)oc2c1C. The lowest BCUT2D eigenvalue weighted by molar-refractivity contribution is -0.148. The molecule has 0 spiro atoms. The number of carbonyl (C=O) groups is 2. The van der Waals surface area contributed by atoms with Crippen LogP contribution in [0, 0.1) is 25.6 Å². The molecular formula is C24H24FNO5. The van der Waals surface area contributed by atoms with Gasteiger partial charge in [-0.05, 0) is 43.0 Å². The molecule has 6 nitrogen and oxygen atoms in total. The van der Waals surface area contributed by atoms with Crippen LogP contribution in [0.2, 0.25) is 0 Å². The summed E-state index contributed by atoms with van der Waals surface area (Å²) >= 11 is 0. The van der Waals surface area contributed by atoms with Crippen LogP contribution in [0.3, 0.4) is 0 Å². The van der Waals surface area contributed by atoms with Gasteiger partial charge in [0.1, 0.15) is 24.0 Å². The van der Waals surface area contributed by atoms with E-state index in [1.807, 2.05) is 26.0 Å². The Bertz CT molecular complexity index is 1200. The maximum absolute atomic E-state index is 13.9. The lowest BCUT2D eigenvalue weighted by atomic mass is 10.0. The zero-order chi connectivity index (χ0) is 22.7. The Balaban J connectivity index is 1.80. The molecule has 0 unspecified atom stereocenters. The van der Waals surface area contributed by atoms with Crippen molar-refractivity contribution in [1.82, 2.24) is 5.32 Å². The van der Waals surface area contributed by atoms with Gasteiger partial charge in [-0.25, -0.2) is 14.0 Å². The highest BCUT2D eigenvalue weighted by Gasteiger charge is 2.27. The normalized spacial score (nSPS) is 12.1. The molecule has 1 atom stereocenters. The molecule has 0 bridgehead atoms. The van der Waals surface area contributed by atoms with E-state index in [0.29, 0.717) is 16.5 Å². The molecule has 0 saturated carbocycles. The summed E-state index contributed by atoms with van der Waals surface area (Å²) in [6.07, 6.45) is 0. The first kappa shape index (κ1) is 22.2. The zero-order valence-corrected chi connectivity index (χ0v) is 17.8. The van der Waals surface area contributed by atoms with E-state index in [4.69, 9.17) is 9.15 Å². The molecule has 2 aromatic carbocycles. The standard InChI is InChI=1S/C24H24FNO5/c1-13(2)21(26-23(28)18-7-5-6-8-19(18)25)24(29)30-12-16-11-20(27)31-22-15(4)14(3)9-10-17(16)22/h5-11,13,21H,12H2,1-4H3,(H,26,28)/t21-/m0/s1. The van der Waals surface area contributed by atoms with Crippen LogP contribution >= 0.6 is 0 Å². The van der Waals surface area contributed by atoms with Crippen LogP contribution in [0.4, 0.5) is 4.39 Å². The Morgan fingerprint density at radius 3 is 2.52 bits per heavy atom. The third kappa shape index (κ3) is 4.82. The van der Waals surface area contributed by atoms with Gasteiger partial charge in [0.15, 0.2) is 0 Å². The summed E-state index contributed by atoms with van der Waals surface area (Å²) in [5.74, 6) is -2.36. The number of ether oxygens (including phenoxy) is 1. The molecule has 0 saturated heterocycles. The van der Waals surface area contributed by atoms with E-state index in [1.54, 1.807) is 13.8 Å². The van der Waals surface area contributed by atoms with Gasteiger partial charge in [0.05, 0.1) is 5.56 Å². The fraction of sp³-hybridized carbons (Fsp3) is 0.292. The van der Waals surface area contributed by atoms with Crippen LogP contribution in [0.1, 0.15) is 40.9 Å². The second-order valence-electron chi connectivity index (χ2n) is 7.76. The Labute approximate surface area is 179 Å². The third-order valence-corrected chi connectivity index (χ3v) is 5.21. The van der Waals surface area contributed by atoms with Crippen LogP contribution in [0.5, 0.6) is 0 Å². The Morgan fingerprint density at radius 2 is 1.84 bits per heavy atom. The van der Waals surface area contributed by atoms with Gasteiger partial charge in [-0.3, -0.25) is 4.79 Å². The molecule has 1 amide bonds. The highest BCUT2D eigenvalue weighted by molar-refractivity contribution is 5.97. The topological polar surface area (TPSA) is 85.6 Å². The average molecular weight is 425 g/mol. The van der Waals surface area contributed by atoms with E-state index in [0.717, 1.165) is 11.1 Å². The predicted molar refractivity (Wildman–Crippen MR) is 114 cm³/mol. The van der Waals surface area contributed by atoms with Crippen molar-refractivity contribution in [1.29, 1.82) is 0 Å². The van der Waals surface area contributed by atoms with Crippen LogP contribution in [0.25, 0.3) is 11.0 Å². The molecular weight excluding hydrogens is 401 g/mol. The molecule has 0 aliphatic heterocycles. The molecule has 7 heteroatoms. The summed E-state index contributed by atoms with van der Waals surface area (Å²) in [7, 11) is 0. The highest BCUT2D eigenvalue weighted by atomic mass is 19.1. The zero-order valence-electron chi connectivity index (χ0n) is 17.8. The molecule has 0 aliphatic rings. The van der Waals surface area contributed by atoms with E-state index in [1.165, 1.54) is 30.3 Å². The highest BCUT2D eigenvalue weighted by Crippen LogP contribution is 2.24. The van der Waals surface area contributed by atoms with E-state index in [9.17, 15) is 18.8 Å². The van der Waals surface area contributed by atoms with Crippen molar-refractivity contribution < 1.29 is 23.1 Å². The maximum atomic E-state index is 13.9. The molecule has 162 valence electrons. The Kier molecular flexibility index (Phi) is 6.53. The largest absolute Gasteiger partial charge is 0.459 e. The first-order valence-electron chi connectivity index (χ1n) is 9.94. The van der Waals surface area contributed by atoms with Gasteiger partial charge in [-0.2, -0.15) is 0 Å². The molecule has 0 radical (unpaired) electrons. The van der Waals surface area contributed by atoms with Gasteiger partial charge in [0.25, 0.3) is 5.91 Å². The van der Waals surface area contributed by atoms with Crippen molar-refractivity contribution in [3.8, 4) is 0 Å². The van der Waals surface area contributed by atoms with Crippen molar-refractivity contribution in [2.75, 3.05) is 0 Å². The lowest BCUT2D eigenvalue weighted by Crippen LogP contribution is -2.45. The summed E-state index contributed by atoms with van der Waals surface area (Å²) in [5, 5.41) is 3.21. The molecule has 0 fully saturated rings. The van der Waals surface area contributed by atoms with Crippen molar-refractivity contribution in [3.05, 3.63) is 81.0 Å². The van der Waals surface area contributed by atoms with Crippen molar-refractivity contribution in [2.24, 2.45) is 5.92 Å². The predicted octanol–water partition coefficient (Wildman–Crippen LogP) is 4.05. The minimum atomic E-state index is -0.984. The van der Waals surface area contributed by atoms with E-state index in [2.05, 4.69) is 5.32 Å². The number of amides is 1. The van der Waals surface area contributed by atoms with Crippen molar-refractivity contribution in [3.63, 3.8) is 0 Å². The quantitative estimate of drug-likeness (QED) is 0.476. The number of nitrogens with one attached hydrogen (secondary N) is 1. The van der Waals surface area contributed by atoms with E-state index < -0.39 is 29.4 Å². The summed E-state index contributed by atoms with van der Waals surface area (Å²) < 4.78 is 24.6. The fourth-order valence-corrected chi connectivity index (χ4v) is 3.24. The maximum Gasteiger partial charge on any atom is 0.336 e. The van der Waals surface area contributed by atoms with Gasteiger partial charge in [0.2, 0.25) is 0 Å². The molecule has 1 heterocycles. The average Bonchev–Trinajstić information content (AvgIpc) is 2.73. The van der Waals surface area contributed by atoms with Gasteiger partial charge >= 0.3 is 11.6 Å². The van der Waals surface area contributed by atoms with Crippen molar-refractivity contribution >= 4 is 22.8 Å². The van der Waals surface area contributed by atoms with E-state index in [-0.39, 0.29) is 18.1 Å². The number of carbonyl (C=O) groups excluding carboxylic acids is 2. The molecule has 0 aliphatic carbocycles. The number of fused-ring (bicyclic) bond motifs is 1. The van der Waals surface area contributed by atoms with Gasteiger partial charge in [0, 0.05) is 17.0 Å². The molecule has 1 N–H and O–H groups in total. The van der Waals surface area contributed by atoms with Crippen LogP contribution in [0.15, 0.2) is 51.7 Å². The van der Waals surface area contributed by atoms with Gasteiger partial charge in [-0.15, -0.1) is 0 Å². The van der Waals surface area contributed by atoms with Gasteiger partial charge < -0.3 is 14.5 Å². The Hall–Kier alpha value is -3.48. The van der Waals surface area contributed by atoms with Crippen molar-refractivity contribution in [2.45, 2.75) is 40.3 Å². The molecule has 3 rings (SSSR count). The minimum Gasteiger partial charge on any atom is -0.459 e. The Morgan fingerprint density at radius 1 is 1.13 bits per heavy atom. The summed E-state index contributed by atoms with van der Waals surface area (Å²) in [4.78, 5) is 37.1. The molecule has 3 aromatic rings. The second kappa shape index (κ2) is 9.12. The summed E-state index contributed by atoms with van der Waals surface area (Å²) in [5.41, 5.74) is 2.07. The number of rotatable bonds is 6.